The van der Waals surface area contributed by atoms with Gasteiger partial charge in [-0.25, -0.2) is 4.68 Å². The van der Waals surface area contributed by atoms with Crippen LogP contribution in [0, 0.1) is 0 Å². The highest BCUT2D eigenvalue weighted by Gasteiger charge is 2.13. The van der Waals surface area contributed by atoms with E-state index in [1.54, 1.807) is 18.2 Å². The van der Waals surface area contributed by atoms with Gasteiger partial charge in [-0.1, -0.05) is 17.3 Å². The fraction of sp³-hybridized carbons (Fsp3) is 0.235. The molecule has 0 atom stereocenters. The van der Waals surface area contributed by atoms with Gasteiger partial charge < -0.3 is 14.2 Å². The molecule has 2 aromatic carbocycles. The van der Waals surface area contributed by atoms with E-state index < -0.39 is 0 Å². The fourth-order valence-electron chi connectivity index (χ4n) is 2.54. The van der Waals surface area contributed by atoms with E-state index >= 15 is 0 Å². The van der Waals surface area contributed by atoms with Crippen molar-refractivity contribution in [1.29, 1.82) is 0 Å². The molecule has 0 amide bonds. The Hall–Kier alpha value is -3.09. The molecular weight excluding hydrogens is 310 g/mol. The second-order valence-electron chi connectivity index (χ2n) is 5.35. The maximum Gasteiger partial charge on any atom is 0.277 e. The lowest BCUT2D eigenvalue weighted by Crippen LogP contribution is -2.25. The SMILES string of the molecule is O=c1c2ccccc2nnn1CCCOc1ccc2c(c1)OCO2. The van der Waals surface area contributed by atoms with Crippen LogP contribution >= 0.6 is 0 Å². The molecule has 0 N–H and O–H groups in total. The smallest absolute Gasteiger partial charge is 0.277 e. The van der Waals surface area contributed by atoms with Gasteiger partial charge in [-0.2, -0.15) is 0 Å². The van der Waals surface area contributed by atoms with E-state index in [-0.39, 0.29) is 12.4 Å². The summed E-state index contributed by atoms with van der Waals surface area (Å²) in [7, 11) is 0. The Morgan fingerprint density at radius 2 is 2.00 bits per heavy atom. The van der Waals surface area contributed by atoms with Crippen molar-refractivity contribution in [3.63, 3.8) is 0 Å². The number of ether oxygens (including phenoxy) is 3. The molecular formula is C17H15N3O4. The number of rotatable bonds is 5. The highest BCUT2D eigenvalue weighted by molar-refractivity contribution is 5.76. The first-order valence-corrected chi connectivity index (χ1v) is 7.66. The summed E-state index contributed by atoms with van der Waals surface area (Å²) in [5.41, 5.74) is 0.471. The lowest BCUT2D eigenvalue weighted by Gasteiger charge is -2.08. The van der Waals surface area contributed by atoms with Crippen LogP contribution in [0.1, 0.15) is 6.42 Å². The summed E-state index contributed by atoms with van der Waals surface area (Å²) in [6.07, 6.45) is 0.640. The molecule has 2 heterocycles. The minimum Gasteiger partial charge on any atom is -0.493 e. The van der Waals surface area contributed by atoms with Crippen molar-refractivity contribution in [2.24, 2.45) is 0 Å². The Labute approximate surface area is 137 Å². The molecule has 0 radical (unpaired) electrons. The third-order valence-electron chi connectivity index (χ3n) is 3.76. The number of fused-ring (bicyclic) bond motifs is 2. The van der Waals surface area contributed by atoms with Crippen molar-refractivity contribution in [1.82, 2.24) is 15.0 Å². The van der Waals surface area contributed by atoms with Gasteiger partial charge in [0.05, 0.1) is 12.0 Å². The molecule has 0 fully saturated rings. The average Bonchev–Trinajstić information content (AvgIpc) is 3.08. The molecule has 7 nitrogen and oxygen atoms in total. The van der Waals surface area contributed by atoms with Crippen LogP contribution in [0.5, 0.6) is 17.2 Å². The van der Waals surface area contributed by atoms with Gasteiger partial charge in [0.15, 0.2) is 11.5 Å². The molecule has 24 heavy (non-hydrogen) atoms. The van der Waals surface area contributed by atoms with Gasteiger partial charge in [0.25, 0.3) is 5.56 Å². The van der Waals surface area contributed by atoms with Crippen LogP contribution in [0.25, 0.3) is 10.9 Å². The van der Waals surface area contributed by atoms with E-state index in [4.69, 9.17) is 14.2 Å². The molecule has 1 aliphatic rings. The lowest BCUT2D eigenvalue weighted by molar-refractivity contribution is 0.173. The van der Waals surface area contributed by atoms with E-state index in [2.05, 4.69) is 10.3 Å². The van der Waals surface area contributed by atoms with Crippen molar-refractivity contribution in [3.05, 3.63) is 52.8 Å². The van der Waals surface area contributed by atoms with Crippen LogP contribution in [0.4, 0.5) is 0 Å². The van der Waals surface area contributed by atoms with Crippen molar-refractivity contribution in [3.8, 4) is 17.2 Å². The monoisotopic (exact) mass is 325 g/mol. The molecule has 1 aromatic heterocycles. The second kappa shape index (κ2) is 6.19. The molecule has 0 spiro atoms. The van der Waals surface area contributed by atoms with E-state index in [0.29, 0.717) is 42.0 Å². The summed E-state index contributed by atoms with van der Waals surface area (Å²) in [6.45, 7) is 1.14. The summed E-state index contributed by atoms with van der Waals surface area (Å²) in [5.74, 6) is 2.11. The van der Waals surface area contributed by atoms with Crippen LogP contribution in [0.3, 0.4) is 0 Å². The maximum atomic E-state index is 12.3. The van der Waals surface area contributed by atoms with Crippen LogP contribution in [0.15, 0.2) is 47.3 Å². The predicted octanol–water partition coefficient (Wildman–Crippen LogP) is 1.99. The van der Waals surface area contributed by atoms with E-state index in [9.17, 15) is 4.79 Å². The first kappa shape index (κ1) is 14.5. The summed E-state index contributed by atoms with van der Waals surface area (Å²) in [6, 6.07) is 12.6. The van der Waals surface area contributed by atoms with Gasteiger partial charge in [-0.3, -0.25) is 4.79 Å². The van der Waals surface area contributed by atoms with Crippen molar-refractivity contribution in [2.45, 2.75) is 13.0 Å². The van der Waals surface area contributed by atoms with Gasteiger partial charge in [0, 0.05) is 19.0 Å². The average molecular weight is 325 g/mol. The Morgan fingerprint density at radius 1 is 1.12 bits per heavy atom. The fourth-order valence-corrected chi connectivity index (χ4v) is 2.54. The standard InChI is InChI=1S/C17H15N3O4/c21-17-13-4-1-2-5-14(13)18-19-20(17)8-3-9-22-12-6-7-15-16(10-12)24-11-23-15/h1-2,4-7,10H,3,8-9,11H2. The molecule has 0 saturated heterocycles. The predicted molar refractivity (Wildman–Crippen MR) is 86.5 cm³/mol. The van der Waals surface area contributed by atoms with Crippen molar-refractivity contribution in [2.75, 3.05) is 13.4 Å². The molecule has 0 saturated carbocycles. The lowest BCUT2D eigenvalue weighted by atomic mass is 10.2. The number of hydrogen-bond donors (Lipinski definition) is 0. The summed E-state index contributed by atoms with van der Waals surface area (Å²) < 4.78 is 17.6. The third-order valence-corrected chi connectivity index (χ3v) is 3.76. The zero-order chi connectivity index (χ0) is 16.4. The third kappa shape index (κ3) is 2.76. The normalized spacial score (nSPS) is 12.5. The molecule has 3 aromatic rings. The molecule has 1 aliphatic heterocycles. The van der Waals surface area contributed by atoms with Gasteiger partial charge in [-0.15, -0.1) is 5.10 Å². The second-order valence-corrected chi connectivity index (χ2v) is 5.35. The first-order chi connectivity index (χ1) is 11.8. The van der Waals surface area contributed by atoms with Gasteiger partial charge >= 0.3 is 0 Å². The van der Waals surface area contributed by atoms with Crippen molar-refractivity contribution < 1.29 is 14.2 Å². The minimum atomic E-state index is -0.135. The number of aryl methyl sites for hydroxylation is 1. The summed E-state index contributed by atoms with van der Waals surface area (Å²) >= 11 is 0. The Morgan fingerprint density at radius 3 is 2.96 bits per heavy atom. The highest BCUT2D eigenvalue weighted by atomic mass is 16.7. The van der Waals surface area contributed by atoms with E-state index in [0.717, 1.165) is 5.75 Å². The van der Waals surface area contributed by atoms with Crippen LogP contribution in [-0.4, -0.2) is 28.4 Å². The molecule has 7 heteroatoms. The summed E-state index contributed by atoms with van der Waals surface area (Å²) in [4.78, 5) is 12.3. The Balaban J connectivity index is 1.38. The Bertz CT molecular complexity index is 939. The van der Waals surface area contributed by atoms with Gasteiger partial charge in [0.2, 0.25) is 6.79 Å². The zero-order valence-corrected chi connectivity index (χ0v) is 12.8. The highest BCUT2D eigenvalue weighted by Crippen LogP contribution is 2.35. The molecule has 0 unspecified atom stereocenters. The van der Waals surface area contributed by atoms with Crippen LogP contribution < -0.4 is 19.8 Å². The van der Waals surface area contributed by atoms with Crippen molar-refractivity contribution >= 4 is 10.9 Å². The van der Waals surface area contributed by atoms with Gasteiger partial charge in [0.1, 0.15) is 11.3 Å². The minimum absolute atomic E-state index is 0.135. The number of nitrogens with zero attached hydrogens (tertiary/aromatic N) is 3. The Kier molecular flexibility index (Phi) is 3.74. The summed E-state index contributed by atoms with van der Waals surface area (Å²) in [5, 5.41) is 8.59. The van der Waals surface area contributed by atoms with E-state index in [1.165, 1.54) is 4.68 Å². The molecule has 4 rings (SSSR count). The molecule has 0 aliphatic carbocycles. The van der Waals surface area contributed by atoms with Gasteiger partial charge in [-0.05, 0) is 24.3 Å². The molecule has 122 valence electrons. The number of aromatic nitrogens is 3. The molecule has 0 bridgehead atoms. The largest absolute Gasteiger partial charge is 0.493 e. The maximum absolute atomic E-state index is 12.3. The topological polar surface area (TPSA) is 75.5 Å². The zero-order valence-electron chi connectivity index (χ0n) is 12.8. The van der Waals surface area contributed by atoms with Crippen LogP contribution in [0.2, 0.25) is 0 Å². The van der Waals surface area contributed by atoms with Crippen LogP contribution in [-0.2, 0) is 6.54 Å². The number of hydrogen-bond acceptors (Lipinski definition) is 6. The van der Waals surface area contributed by atoms with E-state index in [1.807, 2.05) is 24.3 Å². The quantitative estimate of drug-likeness (QED) is 0.668. The number of benzene rings is 2. The first-order valence-electron chi connectivity index (χ1n) is 7.66.